The van der Waals surface area contributed by atoms with E-state index in [2.05, 4.69) is 0 Å². The number of anilines is 1. The number of rotatable bonds is 6. The number of phenols is 1. The zero-order chi connectivity index (χ0) is 22.9. The molecule has 1 saturated heterocycles. The Hall–Kier alpha value is -3.26. The Kier molecular flexibility index (Phi) is 5.97. The van der Waals surface area contributed by atoms with Gasteiger partial charge in [-0.15, -0.1) is 0 Å². The fourth-order valence-corrected chi connectivity index (χ4v) is 4.25. The minimum Gasteiger partial charge on any atom is -0.507 e. The van der Waals surface area contributed by atoms with Gasteiger partial charge in [-0.2, -0.15) is 0 Å². The number of aromatic hydroxyl groups is 1. The lowest BCUT2D eigenvalue weighted by Crippen LogP contribution is -2.53. The third-order valence-electron chi connectivity index (χ3n) is 6.07. The zero-order valence-corrected chi connectivity index (χ0v) is 18.2. The first-order valence-corrected chi connectivity index (χ1v) is 10.6. The number of benzene rings is 2. The molecule has 4 rings (SSSR count). The van der Waals surface area contributed by atoms with Crippen molar-refractivity contribution in [2.24, 2.45) is 5.92 Å². The maximum absolute atomic E-state index is 13.4. The molecular weight excluding hydrogens is 414 g/mol. The summed E-state index contributed by atoms with van der Waals surface area (Å²) in [5, 5.41) is 20.1. The third kappa shape index (κ3) is 4.23. The van der Waals surface area contributed by atoms with Gasteiger partial charge in [-0.25, -0.2) is 0 Å². The monoisotopic (exact) mass is 441 g/mol. The van der Waals surface area contributed by atoms with Crippen LogP contribution in [0.5, 0.6) is 17.2 Å². The van der Waals surface area contributed by atoms with Crippen LogP contribution in [0.25, 0.3) is 0 Å². The fraction of sp³-hybridized carbons (Fsp3) is 0.417. The van der Waals surface area contributed by atoms with E-state index in [1.165, 1.54) is 6.07 Å². The number of ether oxygens (including phenoxy) is 3. The second-order valence-electron chi connectivity index (χ2n) is 8.42. The molecule has 2 N–H and O–H groups in total. The van der Waals surface area contributed by atoms with Crippen molar-refractivity contribution in [2.45, 2.75) is 25.9 Å². The number of aliphatic carboxylic acids is 1. The Morgan fingerprint density at radius 3 is 2.66 bits per heavy atom. The zero-order valence-electron chi connectivity index (χ0n) is 18.2. The molecule has 2 aromatic carbocycles. The number of carboxylic acid groups (broad SMARTS) is 1. The molecule has 1 fully saturated rings. The van der Waals surface area contributed by atoms with Gasteiger partial charge in [0.25, 0.3) is 0 Å². The number of Topliss-reactive ketones (excluding diaryl/α,β-unsaturated/α-hetero) is 1. The highest BCUT2D eigenvalue weighted by atomic mass is 16.5. The van der Waals surface area contributed by atoms with Gasteiger partial charge in [0.05, 0.1) is 25.6 Å². The SMILES string of the molecule is Cc1ccccc1OCC1(C)Oc2cc(N3CCOCC3)cc(O)c2C(=O)C1CC(=O)O. The molecule has 0 amide bonds. The van der Waals surface area contributed by atoms with Crippen molar-refractivity contribution >= 4 is 17.4 Å². The topological polar surface area (TPSA) is 106 Å². The summed E-state index contributed by atoms with van der Waals surface area (Å²) >= 11 is 0. The van der Waals surface area contributed by atoms with Crippen molar-refractivity contribution in [1.82, 2.24) is 0 Å². The summed E-state index contributed by atoms with van der Waals surface area (Å²) in [6.45, 7) is 6.01. The van der Waals surface area contributed by atoms with Crippen LogP contribution >= 0.6 is 0 Å². The molecule has 0 radical (unpaired) electrons. The number of nitrogens with zero attached hydrogens (tertiary/aromatic N) is 1. The summed E-state index contributed by atoms with van der Waals surface area (Å²) in [6, 6.07) is 10.7. The smallest absolute Gasteiger partial charge is 0.304 e. The minimum absolute atomic E-state index is 0.0154. The molecule has 8 heteroatoms. The molecule has 2 aliphatic rings. The molecule has 170 valence electrons. The van der Waals surface area contributed by atoms with E-state index in [1.807, 2.05) is 36.1 Å². The van der Waals surface area contributed by atoms with E-state index in [4.69, 9.17) is 14.2 Å². The number of para-hydroxylation sites is 1. The number of morpholine rings is 1. The lowest BCUT2D eigenvalue weighted by Gasteiger charge is -2.41. The Morgan fingerprint density at radius 2 is 1.97 bits per heavy atom. The Balaban J connectivity index is 1.69. The number of fused-ring (bicyclic) bond motifs is 1. The van der Waals surface area contributed by atoms with Gasteiger partial charge in [0.1, 0.15) is 29.4 Å². The first-order valence-electron chi connectivity index (χ1n) is 10.6. The van der Waals surface area contributed by atoms with Crippen molar-refractivity contribution in [2.75, 3.05) is 37.8 Å². The van der Waals surface area contributed by atoms with Crippen molar-refractivity contribution < 1.29 is 34.0 Å². The van der Waals surface area contributed by atoms with E-state index < -0.39 is 29.7 Å². The van der Waals surface area contributed by atoms with Crippen LogP contribution in [0.2, 0.25) is 0 Å². The standard InChI is InChI=1S/C24H27NO7/c1-15-5-3-4-6-19(15)31-14-24(2)17(13-21(27)28)23(29)22-18(26)11-16(12-20(22)32-24)25-7-9-30-10-8-25/h3-6,11-12,17,26H,7-10,13-14H2,1-2H3,(H,27,28). The molecule has 2 aromatic rings. The van der Waals surface area contributed by atoms with Crippen LogP contribution in [-0.2, 0) is 9.53 Å². The predicted octanol–water partition coefficient (Wildman–Crippen LogP) is 3.04. The third-order valence-corrected chi connectivity index (χ3v) is 6.07. The maximum atomic E-state index is 13.4. The van der Waals surface area contributed by atoms with Crippen molar-refractivity contribution in [3.05, 3.63) is 47.5 Å². The summed E-state index contributed by atoms with van der Waals surface area (Å²) in [5.74, 6) is -1.95. The molecule has 0 saturated carbocycles. The Bertz CT molecular complexity index is 1030. The van der Waals surface area contributed by atoms with Gasteiger partial charge in [0.15, 0.2) is 11.4 Å². The van der Waals surface area contributed by atoms with Crippen molar-refractivity contribution in [3.63, 3.8) is 0 Å². The van der Waals surface area contributed by atoms with E-state index in [0.29, 0.717) is 32.1 Å². The molecule has 2 heterocycles. The first-order chi connectivity index (χ1) is 15.3. The van der Waals surface area contributed by atoms with Crippen LogP contribution in [0.3, 0.4) is 0 Å². The highest BCUT2D eigenvalue weighted by Crippen LogP contribution is 2.45. The molecule has 0 bridgehead atoms. The summed E-state index contributed by atoms with van der Waals surface area (Å²) in [5.41, 5.74) is 0.416. The van der Waals surface area contributed by atoms with Gasteiger partial charge >= 0.3 is 5.97 Å². The van der Waals surface area contributed by atoms with E-state index in [9.17, 15) is 19.8 Å². The number of hydrogen-bond donors (Lipinski definition) is 2. The van der Waals surface area contributed by atoms with Gasteiger partial charge in [-0.1, -0.05) is 18.2 Å². The van der Waals surface area contributed by atoms with Gasteiger partial charge < -0.3 is 29.3 Å². The van der Waals surface area contributed by atoms with Crippen LogP contribution in [0.15, 0.2) is 36.4 Å². The molecule has 2 aliphatic heterocycles. The average Bonchev–Trinajstić information content (AvgIpc) is 2.76. The van der Waals surface area contributed by atoms with Gasteiger partial charge in [-0.05, 0) is 25.5 Å². The summed E-state index contributed by atoms with van der Waals surface area (Å²) < 4.78 is 17.6. The molecule has 0 spiro atoms. The summed E-state index contributed by atoms with van der Waals surface area (Å²) in [4.78, 5) is 27.0. The summed E-state index contributed by atoms with van der Waals surface area (Å²) in [6.07, 6.45) is -0.434. The molecular formula is C24H27NO7. The van der Waals surface area contributed by atoms with Crippen molar-refractivity contribution in [1.29, 1.82) is 0 Å². The first kappa shape index (κ1) is 22.0. The lowest BCUT2D eigenvalue weighted by molar-refractivity contribution is -0.140. The highest BCUT2D eigenvalue weighted by Gasteiger charge is 2.49. The normalized spacial score (nSPS) is 22.8. The second-order valence-corrected chi connectivity index (χ2v) is 8.42. The quantitative estimate of drug-likeness (QED) is 0.705. The van der Waals surface area contributed by atoms with E-state index in [-0.39, 0.29) is 23.7 Å². The number of carbonyl (C=O) groups is 2. The molecule has 0 aliphatic carbocycles. The van der Waals surface area contributed by atoms with Crippen LogP contribution in [0, 0.1) is 12.8 Å². The molecule has 2 unspecified atom stereocenters. The molecule has 32 heavy (non-hydrogen) atoms. The predicted molar refractivity (Wildman–Crippen MR) is 117 cm³/mol. The Morgan fingerprint density at radius 1 is 1.25 bits per heavy atom. The van der Waals surface area contributed by atoms with Gasteiger partial charge in [0, 0.05) is 30.9 Å². The number of carbonyl (C=O) groups excluding carboxylic acids is 1. The number of hydrogen-bond acceptors (Lipinski definition) is 7. The maximum Gasteiger partial charge on any atom is 0.304 e. The summed E-state index contributed by atoms with van der Waals surface area (Å²) in [7, 11) is 0. The Labute approximate surface area is 186 Å². The number of phenolic OH excluding ortho intramolecular Hbond substituents is 1. The number of ketones is 1. The molecule has 0 aromatic heterocycles. The average molecular weight is 441 g/mol. The molecule has 8 nitrogen and oxygen atoms in total. The number of carboxylic acids is 1. The molecule has 2 atom stereocenters. The van der Waals surface area contributed by atoms with Crippen LogP contribution in [0.1, 0.15) is 29.3 Å². The fourth-order valence-electron chi connectivity index (χ4n) is 4.25. The van der Waals surface area contributed by atoms with Crippen molar-refractivity contribution in [3.8, 4) is 17.2 Å². The number of aryl methyl sites for hydroxylation is 1. The minimum atomic E-state index is -1.24. The van der Waals surface area contributed by atoms with Crippen LogP contribution in [0.4, 0.5) is 5.69 Å². The van der Waals surface area contributed by atoms with E-state index >= 15 is 0 Å². The largest absolute Gasteiger partial charge is 0.507 e. The van der Waals surface area contributed by atoms with E-state index in [0.717, 1.165) is 11.3 Å². The van der Waals surface area contributed by atoms with Gasteiger partial charge in [0.2, 0.25) is 0 Å². The van der Waals surface area contributed by atoms with Crippen LogP contribution in [-0.4, -0.2) is 60.5 Å². The van der Waals surface area contributed by atoms with E-state index in [1.54, 1.807) is 13.0 Å². The second kappa shape index (κ2) is 8.70. The highest BCUT2D eigenvalue weighted by molar-refractivity contribution is 6.06. The van der Waals surface area contributed by atoms with Gasteiger partial charge in [-0.3, -0.25) is 9.59 Å². The van der Waals surface area contributed by atoms with Crippen LogP contribution < -0.4 is 14.4 Å². The lowest BCUT2D eigenvalue weighted by atomic mass is 9.78.